The Morgan fingerprint density at radius 2 is 1.87 bits per heavy atom. The van der Waals surface area contributed by atoms with Crippen LogP contribution in [0, 0.1) is 0 Å². The van der Waals surface area contributed by atoms with Crippen molar-refractivity contribution in [3.63, 3.8) is 0 Å². The first kappa shape index (κ1) is 19.6. The van der Waals surface area contributed by atoms with Gasteiger partial charge in [0.15, 0.2) is 0 Å². The largest absolute Gasteiger partial charge is 0.497 e. The Hall–Kier alpha value is -3.68. The highest BCUT2D eigenvalue weighted by molar-refractivity contribution is 5.76. The van der Waals surface area contributed by atoms with Gasteiger partial charge in [-0.3, -0.25) is 9.59 Å². The average molecular weight is 405 g/mol. The summed E-state index contributed by atoms with van der Waals surface area (Å²) in [5.74, 6) is 1.50. The predicted octanol–water partition coefficient (Wildman–Crippen LogP) is 1.66. The molecule has 0 N–H and O–H groups in total. The standard InChI is InChI=1S/C22H23N5O3/c1-30-18-6-4-5-17(15-18)19-8-9-21(28)27(24-19)16-22(29)26-13-11-25(12-14-26)20-7-2-3-10-23-20/h2-10,15H,11-14,16H2,1H3. The zero-order chi connectivity index (χ0) is 20.9. The molecule has 0 saturated carbocycles. The van der Waals surface area contributed by atoms with Crippen molar-refractivity contribution in [2.45, 2.75) is 6.54 Å². The summed E-state index contributed by atoms with van der Waals surface area (Å²) < 4.78 is 6.47. The van der Waals surface area contributed by atoms with Crippen LogP contribution in [0.15, 0.2) is 65.6 Å². The second kappa shape index (κ2) is 8.77. The molecule has 0 unspecified atom stereocenters. The topological polar surface area (TPSA) is 80.6 Å². The van der Waals surface area contributed by atoms with E-state index in [2.05, 4.69) is 15.0 Å². The molecule has 8 nitrogen and oxygen atoms in total. The lowest BCUT2D eigenvalue weighted by atomic mass is 10.1. The van der Waals surface area contributed by atoms with Gasteiger partial charge < -0.3 is 14.5 Å². The minimum absolute atomic E-state index is 0.0831. The summed E-state index contributed by atoms with van der Waals surface area (Å²) in [4.78, 5) is 33.3. The van der Waals surface area contributed by atoms with Gasteiger partial charge in [-0.2, -0.15) is 5.10 Å². The van der Waals surface area contributed by atoms with E-state index < -0.39 is 0 Å². The third-order valence-electron chi connectivity index (χ3n) is 5.12. The monoisotopic (exact) mass is 405 g/mol. The molecular formula is C22H23N5O3. The fourth-order valence-corrected chi connectivity index (χ4v) is 3.45. The number of carbonyl (C=O) groups is 1. The Kier molecular flexibility index (Phi) is 5.74. The van der Waals surface area contributed by atoms with Crippen LogP contribution in [0.5, 0.6) is 5.75 Å². The number of ether oxygens (including phenoxy) is 1. The van der Waals surface area contributed by atoms with E-state index in [1.165, 1.54) is 10.7 Å². The molecule has 1 fully saturated rings. The van der Waals surface area contributed by atoms with Crippen LogP contribution in [0.2, 0.25) is 0 Å². The molecule has 1 aromatic carbocycles. The highest BCUT2D eigenvalue weighted by Crippen LogP contribution is 2.21. The Morgan fingerprint density at radius 1 is 1.03 bits per heavy atom. The van der Waals surface area contributed by atoms with Crippen LogP contribution in [0.3, 0.4) is 0 Å². The maximum Gasteiger partial charge on any atom is 0.267 e. The summed E-state index contributed by atoms with van der Waals surface area (Å²) >= 11 is 0. The first-order chi connectivity index (χ1) is 14.6. The quantitative estimate of drug-likeness (QED) is 0.642. The van der Waals surface area contributed by atoms with Gasteiger partial charge in [-0.05, 0) is 30.3 Å². The number of methoxy groups -OCH3 is 1. The van der Waals surface area contributed by atoms with Gasteiger partial charge in [0, 0.05) is 44.0 Å². The number of hydrogen-bond acceptors (Lipinski definition) is 6. The zero-order valence-corrected chi connectivity index (χ0v) is 16.8. The third-order valence-corrected chi connectivity index (χ3v) is 5.12. The molecule has 1 aliphatic rings. The van der Waals surface area contributed by atoms with Gasteiger partial charge in [0.2, 0.25) is 5.91 Å². The van der Waals surface area contributed by atoms with E-state index in [0.717, 1.165) is 11.4 Å². The molecule has 2 aromatic heterocycles. The number of nitrogens with zero attached hydrogens (tertiary/aromatic N) is 5. The lowest BCUT2D eigenvalue weighted by Gasteiger charge is -2.35. The fraction of sp³-hybridized carbons (Fsp3) is 0.273. The van der Waals surface area contributed by atoms with Crippen molar-refractivity contribution in [2.75, 3.05) is 38.2 Å². The summed E-state index contributed by atoms with van der Waals surface area (Å²) in [5, 5.41) is 4.40. The second-order valence-corrected chi connectivity index (χ2v) is 7.00. The normalized spacial score (nSPS) is 13.9. The van der Waals surface area contributed by atoms with Gasteiger partial charge in [0.05, 0.1) is 12.8 Å². The Morgan fingerprint density at radius 3 is 2.60 bits per heavy atom. The average Bonchev–Trinajstić information content (AvgIpc) is 2.81. The van der Waals surface area contributed by atoms with Crippen LogP contribution in [0.4, 0.5) is 5.82 Å². The molecule has 8 heteroatoms. The molecule has 0 radical (unpaired) electrons. The minimum atomic E-state index is -0.304. The lowest BCUT2D eigenvalue weighted by Crippen LogP contribution is -2.50. The fourth-order valence-electron chi connectivity index (χ4n) is 3.45. The highest BCUT2D eigenvalue weighted by Gasteiger charge is 2.22. The number of anilines is 1. The number of piperazine rings is 1. The Labute approximate surface area is 174 Å². The number of carbonyl (C=O) groups excluding carboxylic acids is 1. The second-order valence-electron chi connectivity index (χ2n) is 7.00. The maximum atomic E-state index is 12.8. The molecular weight excluding hydrogens is 382 g/mol. The van der Waals surface area contributed by atoms with Crippen molar-refractivity contribution in [1.29, 1.82) is 0 Å². The van der Waals surface area contributed by atoms with Gasteiger partial charge in [-0.25, -0.2) is 9.67 Å². The van der Waals surface area contributed by atoms with E-state index in [4.69, 9.17) is 4.74 Å². The molecule has 0 bridgehead atoms. The van der Waals surface area contributed by atoms with Crippen molar-refractivity contribution in [3.05, 3.63) is 71.1 Å². The van der Waals surface area contributed by atoms with Crippen LogP contribution in [-0.4, -0.2) is 58.9 Å². The summed E-state index contributed by atoms with van der Waals surface area (Å²) in [6.45, 7) is 2.49. The Balaban J connectivity index is 1.44. The lowest BCUT2D eigenvalue weighted by molar-refractivity contribution is -0.132. The third kappa shape index (κ3) is 4.32. The van der Waals surface area contributed by atoms with E-state index in [1.807, 2.05) is 42.5 Å². The molecule has 30 heavy (non-hydrogen) atoms. The first-order valence-electron chi connectivity index (χ1n) is 9.80. The maximum absolute atomic E-state index is 12.8. The molecule has 3 aromatic rings. The van der Waals surface area contributed by atoms with Crippen molar-refractivity contribution in [2.24, 2.45) is 0 Å². The van der Waals surface area contributed by atoms with Crippen molar-refractivity contribution in [1.82, 2.24) is 19.7 Å². The number of amides is 1. The van der Waals surface area contributed by atoms with Crippen LogP contribution >= 0.6 is 0 Å². The molecule has 0 aliphatic carbocycles. The zero-order valence-electron chi connectivity index (χ0n) is 16.8. The summed E-state index contributed by atoms with van der Waals surface area (Å²) in [6, 6.07) is 16.3. The SMILES string of the molecule is COc1cccc(-c2ccc(=O)n(CC(=O)N3CCN(c4ccccn4)CC3)n2)c1. The van der Waals surface area contributed by atoms with Gasteiger partial charge in [-0.15, -0.1) is 0 Å². The van der Waals surface area contributed by atoms with Crippen LogP contribution in [-0.2, 0) is 11.3 Å². The summed E-state index contributed by atoms with van der Waals surface area (Å²) in [7, 11) is 1.60. The van der Waals surface area contributed by atoms with E-state index in [-0.39, 0.29) is 18.0 Å². The number of aromatic nitrogens is 3. The summed E-state index contributed by atoms with van der Waals surface area (Å²) in [5.41, 5.74) is 1.13. The van der Waals surface area contributed by atoms with Gasteiger partial charge in [0.1, 0.15) is 18.1 Å². The Bertz CT molecular complexity index is 1080. The van der Waals surface area contributed by atoms with Crippen molar-refractivity contribution >= 4 is 11.7 Å². The van der Waals surface area contributed by atoms with E-state index in [1.54, 1.807) is 24.3 Å². The van der Waals surface area contributed by atoms with Crippen molar-refractivity contribution < 1.29 is 9.53 Å². The van der Waals surface area contributed by atoms with Crippen LogP contribution in [0.25, 0.3) is 11.3 Å². The van der Waals surface area contributed by atoms with E-state index in [9.17, 15) is 9.59 Å². The van der Waals surface area contributed by atoms with E-state index >= 15 is 0 Å². The molecule has 3 heterocycles. The molecule has 1 saturated heterocycles. The molecule has 0 atom stereocenters. The van der Waals surface area contributed by atoms with Crippen LogP contribution in [0.1, 0.15) is 0 Å². The number of hydrogen-bond donors (Lipinski definition) is 0. The smallest absolute Gasteiger partial charge is 0.267 e. The molecule has 1 aliphatic heterocycles. The van der Waals surface area contributed by atoms with Crippen molar-refractivity contribution in [3.8, 4) is 17.0 Å². The van der Waals surface area contributed by atoms with Crippen LogP contribution < -0.4 is 15.2 Å². The minimum Gasteiger partial charge on any atom is -0.497 e. The van der Waals surface area contributed by atoms with E-state index in [0.29, 0.717) is 37.6 Å². The predicted molar refractivity (Wildman–Crippen MR) is 114 cm³/mol. The molecule has 154 valence electrons. The summed E-state index contributed by atoms with van der Waals surface area (Å²) in [6.07, 6.45) is 1.76. The van der Waals surface area contributed by atoms with Gasteiger partial charge >= 0.3 is 0 Å². The number of benzene rings is 1. The van der Waals surface area contributed by atoms with Gasteiger partial charge in [0.25, 0.3) is 5.56 Å². The highest BCUT2D eigenvalue weighted by atomic mass is 16.5. The first-order valence-corrected chi connectivity index (χ1v) is 9.80. The van der Waals surface area contributed by atoms with Gasteiger partial charge in [-0.1, -0.05) is 18.2 Å². The molecule has 4 rings (SSSR count). The molecule has 0 spiro atoms. The number of rotatable bonds is 5. The number of pyridine rings is 1. The molecule has 1 amide bonds.